The van der Waals surface area contributed by atoms with Gasteiger partial charge >= 0.3 is 0 Å². The van der Waals surface area contributed by atoms with E-state index in [0.29, 0.717) is 0 Å². The Hall–Kier alpha value is 0.310. The minimum atomic E-state index is 0.774. The zero-order chi connectivity index (χ0) is 13.1. The van der Waals surface area contributed by atoms with Gasteiger partial charge in [0.15, 0.2) is 0 Å². The largest absolute Gasteiger partial charge is 0.316 e. The van der Waals surface area contributed by atoms with Crippen LogP contribution in [-0.4, -0.2) is 24.1 Å². The van der Waals surface area contributed by atoms with Crippen LogP contribution < -0.4 is 5.32 Å². The summed E-state index contributed by atoms with van der Waals surface area (Å²) in [5, 5.41) is 4.58. The third-order valence-corrected chi connectivity index (χ3v) is 7.50. The second-order valence-corrected chi connectivity index (χ2v) is 8.58. The van der Waals surface area contributed by atoms with E-state index in [-0.39, 0.29) is 0 Å². The molecular weight excluding hydrogens is 250 g/mol. The molecule has 3 fully saturated rings. The van der Waals surface area contributed by atoms with Gasteiger partial charge in [-0.05, 0) is 63.3 Å². The molecule has 2 heteroatoms. The lowest BCUT2D eigenvalue weighted by Gasteiger charge is -2.28. The Bertz CT molecular complexity index is 274. The van der Waals surface area contributed by atoms with Crippen molar-refractivity contribution in [2.75, 3.05) is 12.8 Å². The predicted octanol–water partition coefficient (Wildman–Crippen LogP) is 4.47. The van der Waals surface area contributed by atoms with Crippen LogP contribution >= 0.6 is 11.8 Å². The Kier molecular flexibility index (Phi) is 5.14. The monoisotopic (exact) mass is 281 g/mol. The highest BCUT2D eigenvalue weighted by atomic mass is 32.2. The predicted molar refractivity (Wildman–Crippen MR) is 85.7 cm³/mol. The van der Waals surface area contributed by atoms with Crippen molar-refractivity contribution in [3.63, 3.8) is 0 Å². The first kappa shape index (κ1) is 14.3. The fourth-order valence-electron chi connectivity index (χ4n) is 4.78. The van der Waals surface area contributed by atoms with Gasteiger partial charge in [0.05, 0.1) is 0 Å². The molecule has 0 radical (unpaired) electrons. The zero-order valence-electron chi connectivity index (χ0n) is 12.6. The lowest BCUT2D eigenvalue weighted by molar-refractivity contribution is 0.290. The minimum absolute atomic E-state index is 0.774. The molecule has 19 heavy (non-hydrogen) atoms. The van der Waals surface area contributed by atoms with Crippen molar-refractivity contribution in [2.24, 2.45) is 17.8 Å². The normalized spacial score (nSPS) is 36.8. The summed E-state index contributed by atoms with van der Waals surface area (Å²) < 4.78 is 0. The Labute approximate surface area is 123 Å². The molecule has 0 aromatic carbocycles. The Balaban J connectivity index is 1.40. The van der Waals surface area contributed by atoms with E-state index >= 15 is 0 Å². The first-order valence-electron chi connectivity index (χ1n) is 8.64. The van der Waals surface area contributed by atoms with Gasteiger partial charge in [-0.15, -0.1) is 0 Å². The van der Waals surface area contributed by atoms with Crippen LogP contribution in [0.4, 0.5) is 0 Å². The van der Waals surface area contributed by atoms with Gasteiger partial charge in [-0.1, -0.05) is 25.7 Å². The Morgan fingerprint density at radius 2 is 1.89 bits per heavy atom. The number of thioether (sulfide) groups is 1. The van der Waals surface area contributed by atoms with Crippen molar-refractivity contribution in [1.29, 1.82) is 0 Å². The summed E-state index contributed by atoms with van der Waals surface area (Å²) in [6, 6.07) is 0.774. The van der Waals surface area contributed by atoms with Gasteiger partial charge in [-0.2, -0.15) is 11.8 Å². The molecule has 0 amide bonds. The molecule has 3 aliphatic rings. The molecule has 4 unspecified atom stereocenters. The van der Waals surface area contributed by atoms with E-state index in [1.807, 2.05) is 0 Å². The molecular formula is C17H31NS. The van der Waals surface area contributed by atoms with Crippen molar-refractivity contribution < 1.29 is 0 Å². The third-order valence-electron chi connectivity index (χ3n) is 5.97. The summed E-state index contributed by atoms with van der Waals surface area (Å²) in [6.07, 6.45) is 15.1. The Morgan fingerprint density at radius 1 is 1.05 bits per heavy atom. The van der Waals surface area contributed by atoms with E-state index in [1.54, 1.807) is 25.7 Å². The number of fused-ring (bicyclic) bond motifs is 2. The molecule has 110 valence electrons. The molecule has 3 saturated carbocycles. The molecule has 1 N–H and O–H groups in total. The highest BCUT2D eigenvalue weighted by molar-refractivity contribution is 7.99. The van der Waals surface area contributed by atoms with Crippen LogP contribution in [0.2, 0.25) is 0 Å². The maximum absolute atomic E-state index is 3.61. The van der Waals surface area contributed by atoms with Gasteiger partial charge in [-0.25, -0.2) is 0 Å². The van der Waals surface area contributed by atoms with Gasteiger partial charge in [0.1, 0.15) is 0 Å². The molecule has 4 atom stereocenters. The van der Waals surface area contributed by atoms with Crippen LogP contribution in [0.5, 0.6) is 0 Å². The highest BCUT2D eigenvalue weighted by Crippen LogP contribution is 2.50. The van der Waals surface area contributed by atoms with Crippen LogP contribution in [0.1, 0.15) is 64.2 Å². The van der Waals surface area contributed by atoms with Crippen molar-refractivity contribution in [2.45, 2.75) is 75.5 Å². The van der Waals surface area contributed by atoms with E-state index in [9.17, 15) is 0 Å². The minimum Gasteiger partial charge on any atom is -0.316 e. The first-order valence-corrected chi connectivity index (χ1v) is 9.69. The van der Waals surface area contributed by atoms with Crippen molar-refractivity contribution in [1.82, 2.24) is 5.32 Å². The SMILES string of the molecule is CNC(CSC1CCCCC1)CC1CC2CCC1C2. The maximum Gasteiger partial charge on any atom is 0.0158 e. The fourth-order valence-corrected chi connectivity index (χ4v) is 6.26. The molecule has 0 heterocycles. The van der Waals surface area contributed by atoms with Crippen molar-refractivity contribution >= 4 is 11.8 Å². The van der Waals surface area contributed by atoms with Gasteiger partial charge < -0.3 is 5.32 Å². The molecule has 0 aromatic rings. The van der Waals surface area contributed by atoms with E-state index in [4.69, 9.17) is 0 Å². The van der Waals surface area contributed by atoms with Gasteiger partial charge in [-0.3, -0.25) is 0 Å². The molecule has 0 aliphatic heterocycles. The zero-order valence-corrected chi connectivity index (χ0v) is 13.4. The first-order chi connectivity index (χ1) is 9.35. The van der Waals surface area contributed by atoms with Crippen LogP contribution in [-0.2, 0) is 0 Å². The second-order valence-electron chi connectivity index (χ2n) is 7.25. The van der Waals surface area contributed by atoms with Gasteiger partial charge in [0, 0.05) is 17.0 Å². The van der Waals surface area contributed by atoms with Crippen molar-refractivity contribution in [3.8, 4) is 0 Å². The molecule has 0 saturated heterocycles. The number of rotatable bonds is 6. The Morgan fingerprint density at radius 3 is 2.53 bits per heavy atom. The standard InChI is InChI=1S/C17H31NS/c1-18-16(12-19-17-5-3-2-4-6-17)11-15-10-13-7-8-14(15)9-13/h13-18H,2-12H2,1H3. The number of hydrogen-bond donors (Lipinski definition) is 1. The smallest absolute Gasteiger partial charge is 0.0158 e. The maximum atomic E-state index is 3.61. The third kappa shape index (κ3) is 3.69. The highest BCUT2D eigenvalue weighted by Gasteiger charge is 2.39. The number of hydrogen-bond acceptors (Lipinski definition) is 2. The summed E-state index contributed by atoms with van der Waals surface area (Å²) >= 11 is 2.27. The van der Waals surface area contributed by atoms with Gasteiger partial charge in [0.25, 0.3) is 0 Å². The molecule has 0 aromatic heterocycles. The van der Waals surface area contributed by atoms with E-state index in [0.717, 1.165) is 29.0 Å². The summed E-state index contributed by atoms with van der Waals surface area (Å²) in [5.74, 6) is 4.62. The molecule has 0 spiro atoms. The average molecular weight is 282 g/mol. The summed E-state index contributed by atoms with van der Waals surface area (Å²) in [7, 11) is 2.18. The number of nitrogens with one attached hydrogen (secondary N) is 1. The van der Waals surface area contributed by atoms with E-state index in [2.05, 4.69) is 24.1 Å². The summed E-state index contributed by atoms with van der Waals surface area (Å²) in [5.41, 5.74) is 0. The van der Waals surface area contributed by atoms with Crippen molar-refractivity contribution in [3.05, 3.63) is 0 Å². The quantitative estimate of drug-likeness (QED) is 0.771. The van der Waals surface area contributed by atoms with E-state index < -0.39 is 0 Å². The lowest BCUT2D eigenvalue weighted by atomic mass is 9.84. The van der Waals surface area contributed by atoms with Crippen LogP contribution in [0.3, 0.4) is 0 Å². The molecule has 2 bridgehead atoms. The topological polar surface area (TPSA) is 12.0 Å². The second kappa shape index (κ2) is 6.85. The lowest BCUT2D eigenvalue weighted by Crippen LogP contribution is -2.32. The molecule has 1 nitrogen and oxygen atoms in total. The van der Waals surface area contributed by atoms with Gasteiger partial charge in [0.2, 0.25) is 0 Å². The van der Waals surface area contributed by atoms with Crippen LogP contribution in [0, 0.1) is 17.8 Å². The summed E-state index contributed by atoms with van der Waals surface area (Å²) in [6.45, 7) is 0. The van der Waals surface area contributed by atoms with Crippen LogP contribution in [0.25, 0.3) is 0 Å². The average Bonchev–Trinajstić information content (AvgIpc) is 3.07. The molecule has 3 aliphatic carbocycles. The fraction of sp³-hybridized carbons (Fsp3) is 1.00. The van der Waals surface area contributed by atoms with E-state index in [1.165, 1.54) is 44.3 Å². The summed E-state index contributed by atoms with van der Waals surface area (Å²) in [4.78, 5) is 0. The van der Waals surface area contributed by atoms with Crippen LogP contribution in [0.15, 0.2) is 0 Å². The molecule has 3 rings (SSSR count).